The second kappa shape index (κ2) is 6.18. The molecule has 1 heterocycles. The minimum absolute atomic E-state index is 0.0180. The van der Waals surface area contributed by atoms with Gasteiger partial charge in [-0.25, -0.2) is 0 Å². The van der Waals surface area contributed by atoms with Gasteiger partial charge in [-0.2, -0.15) is 5.06 Å². The fraction of sp³-hybridized carbons (Fsp3) is 0.462. The van der Waals surface area contributed by atoms with Crippen molar-refractivity contribution in [1.29, 1.82) is 0 Å². The molecule has 1 aliphatic heterocycles. The number of benzene rings is 1. The van der Waals surface area contributed by atoms with Crippen molar-refractivity contribution in [1.82, 2.24) is 9.96 Å². The Hall–Kier alpha value is -1.10. The number of carbonyl (C=O) groups is 1. The topological polar surface area (TPSA) is 32.8 Å². The molecule has 2 rings (SSSR count). The third kappa shape index (κ3) is 3.45. The minimum atomic E-state index is -0.384. The smallest absolute Gasteiger partial charge is 0.316 e. The molecule has 1 atom stereocenters. The van der Waals surface area contributed by atoms with E-state index in [9.17, 15) is 4.79 Å². The number of hydroxylamine groups is 2. The molecule has 4 nitrogen and oxygen atoms in total. The van der Waals surface area contributed by atoms with Crippen LogP contribution in [0.5, 0.6) is 0 Å². The van der Waals surface area contributed by atoms with Crippen LogP contribution in [0, 0.1) is 0 Å². The minimum Gasteiger partial charge on any atom is -0.326 e. The van der Waals surface area contributed by atoms with Crippen molar-refractivity contribution < 1.29 is 9.63 Å². The predicted octanol–water partition coefficient (Wildman–Crippen LogP) is 2.66. The highest BCUT2D eigenvalue weighted by Gasteiger charge is 2.21. The van der Waals surface area contributed by atoms with Gasteiger partial charge >= 0.3 is 5.37 Å². The average molecular weight is 269 g/mol. The van der Waals surface area contributed by atoms with Crippen LogP contribution in [-0.2, 0) is 4.84 Å². The number of amides is 1. The van der Waals surface area contributed by atoms with Gasteiger partial charge in [0.2, 0.25) is 0 Å². The van der Waals surface area contributed by atoms with Crippen LogP contribution in [0.4, 0.5) is 4.79 Å². The number of piperazine rings is 1. The van der Waals surface area contributed by atoms with Crippen LogP contribution in [0.25, 0.3) is 0 Å². The monoisotopic (exact) mass is 268 g/mol. The second-order valence-electron chi connectivity index (χ2n) is 4.33. The number of halogens is 1. The normalized spacial score (nSPS) is 18.7. The molecule has 5 heteroatoms. The van der Waals surface area contributed by atoms with Crippen molar-refractivity contribution in [3.8, 4) is 0 Å². The Morgan fingerprint density at radius 3 is 2.39 bits per heavy atom. The van der Waals surface area contributed by atoms with Gasteiger partial charge in [-0.1, -0.05) is 30.3 Å². The zero-order chi connectivity index (χ0) is 13.0. The van der Waals surface area contributed by atoms with E-state index in [0.29, 0.717) is 26.2 Å². The van der Waals surface area contributed by atoms with E-state index in [4.69, 9.17) is 16.4 Å². The van der Waals surface area contributed by atoms with Crippen molar-refractivity contribution in [2.24, 2.45) is 0 Å². The zero-order valence-electron chi connectivity index (χ0n) is 10.4. The summed E-state index contributed by atoms with van der Waals surface area (Å²) >= 11 is 5.43. The summed E-state index contributed by atoms with van der Waals surface area (Å²) in [5.41, 5.74) is 1.15. The van der Waals surface area contributed by atoms with Gasteiger partial charge in [0.05, 0.1) is 0 Å². The highest BCUT2D eigenvalue weighted by Crippen LogP contribution is 2.18. The van der Waals surface area contributed by atoms with Crippen molar-refractivity contribution in [3.63, 3.8) is 0 Å². The lowest BCUT2D eigenvalue weighted by Crippen LogP contribution is -2.47. The maximum Gasteiger partial charge on any atom is 0.316 e. The zero-order valence-corrected chi connectivity index (χ0v) is 11.1. The molecular formula is C13H17ClN2O2. The first-order valence-electron chi connectivity index (χ1n) is 6.08. The molecular weight excluding hydrogens is 252 g/mol. The Kier molecular flexibility index (Phi) is 4.58. The summed E-state index contributed by atoms with van der Waals surface area (Å²) in [4.78, 5) is 18.5. The summed E-state index contributed by atoms with van der Waals surface area (Å²) in [6.45, 7) is 4.63. The van der Waals surface area contributed by atoms with Crippen LogP contribution in [0.15, 0.2) is 30.3 Å². The van der Waals surface area contributed by atoms with Crippen molar-refractivity contribution >= 4 is 17.0 Å². The van der Waals surface area contributed by atoms with E-state index in [2.05, 4.69) is 0 Å². The van der Waals surface area contributed by atoms with Gasteiger partial charge in [-0.05, 0) is 24.1 Å². The average Bonchev–Trinajstić information content (AvgIpc) is 2.40. The molecule has 1 aromatic rings. The van der Waals surface area contributed by atoms with Gasteiger partial charge in [0.15, 0.2) is 0 Å². The third-order valence-electron chi connectivity index (χ3n) is 3.06. The molecule has 1 unspecified atom stereocenters. The molecule has 1 aliphatic rings. The molecule has 18 heavy (non-hydrogen) atoms. The number of hydrogen-bond donors (Lipinski definition) is 0. The molecule has 1 amide bonds. The second-order valence-corrected chi connectivity index (χ2v) is 4.65. The third-order valence-corrected chi connectivity index (χ3v) is 3.30. The fourth-order valence-corrected chi connectivity index (χ4v) is 2.15. The molecule has 1 fully saturated rings. The maximum absolute atomic E-state index is 11.0. The van der Waals surface area contributed by atoms with E-state index in [1.54, 1.807) is 4.90 Å². The molecule has 0 aliphatic carbocycles. The first-order valence-corrected chi connectivity index (χ1v) is 6.45. The van der Waals surface area contributed by atoms with Gasteiger partial charge in [0.25, 0.3) is 0 Å². The largest absolute Gasteiger partial charge is 0.326 e. The van der Waals surface area contributed by atoms with E-state index in [1.165, 1.54) is 0 Å². The maximum atomic E-state index is 11.0. The SMILES string of the molecule is CC(ON1CCN(C(=O)Cl)CC1)c1ccccc1. The van der Waals surface area contributed by atoms with Crippen LogP contribution in [0.2, 0.25) is 0 Å². The fourth-order valence-electron chi connectivity index (χ4n) is 1.98. The lowest BCUT2D eigenvalue weighted by atomic mass is 10.1. The Labute approximate surface area is 112 Å². The summed E-state index contributed by atoms with van der Waals surface area (Å²) in [7, 11) is 0. The first kappa shape index (κ1) is 13.3. The molecule has 0 bridgehead atoms. The summed E-state index contributed by atoms with van der Waals surface area (Å²) in [6.07, 6.45) is 0.0180. The summed E-state index contributed by atoms with van der Waals surface area (Å²) in [6, 6.07) is 10.1. The number of hydrogen-bond acceptors (Lipinski definition) is 3. The van der Waals surface area contributed by atoms with E-state index < -0.39 is 0 Å². The molecule has 0 saturated carbocycles. The van der Waals surface area contributed by atoms with E-state index in [-0.39, 0.29) is 11.5 Å². The molecule has 0 radical (unpaired) electrons. The predicted molar refractivity (Wildman–Crippen MR) is 70.3 cm³/mol. The molecule has 1 saturated heterocycles. The van der Waals surface area contributed by atoms with Gasteiger partial charge in [-0.3, -0.25) is 9.63 Å². The Morgan fingerprint density at radius 2 is 1.83 bits per heavy atom. The highest BCUT2D eigenvalue weighted by atomic mass is 35.5. The summed E-state index contributed by atoms with van der Waals surface area (Å²) in [5.74, 6) is 0. The van der Waals surface area contributed by atoms with E-state index >= 15 is 0 Å². The quantitative estimate of drug-likeness (QED) is 0.624. The van der Waals surface area contributed by atoms with E-state index in [0.717, 1.165) is 5.56 Å². The molecule has 0 N–H and O–H groups in total. The molecule has 0 aromatic heterocycles. The van der Waals surface area contributed by atoms with Crippen LogP contribution in [-0.4, -0.2) is 41.5 Å². The lowest BCUT2D eigenvalue weighted by molar-refractivity contribution is -0.206. The van der Waals surface area contributed by atoms with Crippen LogP contribution >= 0.6 is 11.6 Å². The van der Waals surface area contributed by atoms with Gasteiger partial charge in [0.1, 0.15) is 6.10 Å². The summed E-state index contributed by atoms with van der Waals surface area (Å²) in [5, 5.41) is 1.51. The molecule has 98 valence electrons. The number of rotatable bonds is 3. The highest BCUT2D eigenvalue weighted by molar-refractivity contribution is 6.62. The summed E-state index contributed by atoms with van der Waals surface area (Å²) < 4.78 is 0. The van der Waals surface area contributed by atoms with Gasteiger partial charge < -0.3 is 4.90 Å². The van der Waals surface area contributed by atoms with Gasteiger partial charge in [-0.15, -0.1) is 0 Å². The van der Waals surface area contributed by atoms with Crippen molar-refractivity contribution in [2.45, 2.75) is 13.0 Å². The Morgan fingerprint density at radius 1 is 1.22 bits per heavy atom. The first-order chi connectivity index (χ1) is 8.66. The molecule has 0 spiro atoms. The van der Waals surface area contributed by atoms with Crippen molar-refractivity contribution in [2.75, 3.05) is 26.2 Å². The van der Waals surface area contributed by atoms with Crippen LogP contribution in [0.3, 0.4) is 0 Å². The van der Waals surface area contributed by atoms with Gasteiger partial charge in [0, 0.05) is 26.2 Å². The van der Waals surface area contributed by atoms with E-state index in [1.807, 2.05) is 42.3 Å². The van der Waals surface area contributed by atoms with Crippen LogP contribution < -0.4 is 0 Å². The standard InChI is InChI=1S/C13H17ClN2O2/c1-11(12-5-3-2-4-6-12)18-16-9-7-15(8-10-16)13(14)17/h2-6,11H,7-10H2,1H3. The van der Waals surface area contributed by atoms with Crippen LogP contribution in [0.1, 0.15) is 18.6 Å². The number of carbonyl (C=O) groups excluding carboxylic acids is 1. The van der Waals surface area contributed by atoms with Crippen molar-refractivity contribution in [3.05, 3.63) is 35.9 Å². The lowest BCUT2D eigenvalue weighted by Gasteiger charge is -2.34. The Bertz CT molecular complexity index is 391. The number of nitrogens with zero attached hydrogens (tertiary/aromatic N) is 2. The Balaban J connectivity index is 1.83. The molecule has 1 aromatic carbocycles.